The summed E-state index contributed by atoms with van der Waals surface area (Å²) in [5, 5.41) is 8.56. The van der Waals surface area contributed by atoms with E-state index in [1.165, 1.54) is 12.8 Å². The summed E-state index contributed by atoms with van der Waals surface area (Å²) in [7, 11) is -2.45. The Labute approximate surface area is 136 Å². The van der Waals surface area contributed by atoms with Gasteiger partial charge in [-0.1, -0.05) is 32.1 Å². The van der Waals surface area contributed by atoms with Crippen LogP contribution in [0.15, 0.2) is 0 Å². The van der Waals surface area contributed by atoms with Crippen LogP contribution in [-0.2, 0) is 18.1 Å². The van der Waals surface area contributed by atoms with Crippen molar-refractivity contribution in [3.8, 4) is 0 Å². The van der Waals surface area contributed by atoms with Crippen molar-refractivity contribution < 1.29 is 23.2 Å². The highest BCUT2D eigenvalue weighted by Crippen LogP contribution is 2.20. The molecular weight excluding hydrogens is 300 g/mol. The molecule has 22 heavy (non-hydrogen) atoms. The van der Waals surface area contributed by atoms with E-state index >= 15 is 0 Å². The summed E-state index contributed by atoms with van der Waals surface area (Å²) in [6, 6.07) is 0.890. The van der Waals surface area contributed by atoms with Crippen LogP contribution in [0.5, 0.6) is 0 Å². The summed E-state index contributed by atoms with van der Waals surface area (Å²) >= 11 is 0. The fraction of sp³-hybridized carbons (Fsp3) is 0.938. The molecule has 0 radical (unpaired) electrons. The van der Waals surface area contributed by atoms with Gasteiger partial charge < -0.3 is 18.4 Å². The number of rotatable bonds is 16. The average Bonchev–Trinajstić information content (AvgIpc) is 2.46. The number of carboxylic acid groups (broad SMARTS) is 1. The summed E-state index contributed by atoms with van der Waals surface area (Å²) in [4.78, 5) is 10.4. The van der Waals surface area contributed by atoms with Gasteiger partial charge in [0.2, 0.25) is 0 Å². The lowest BCUT2D eigenvalue weighted by Crippen LogP contribution is -2.45. The standard InChI is InChI=1S/C16H34O5Si/c1-4-19-22(20-5-2,21-6-3)15-13-11-9-7-8-10-12-14-16(17)18/h4-15H2,1-3H3,(H,17,18). The third-order valence-electron chi connectivity index (χ3n) is 3.47. The van der Waals surface area contributed by atoms with Crippen molar-refractivity contribution in [1.82, 2.24) is 0 Å². The van der Waals surface area contributed by atoms with Crippen LogP contribution in [0.4, 0.5) is 0 Å². The van der Waals surface area contributed by atoms with Crippen molar-refractivity contribution in [1.29, 1.82) is 0 Å². The van der Waals surface area contributed by atoms with Gasteiger partial charge in [0.05, 0.1) is 0 Å². The molecule has 0 aliphatic carbocycles. The molecule has 0 aliphatic heterocycles. The Morgan fingerprint density at radius 2 is 1.18 bits per heavy atom. The average molecular weight is 335 g/mol. The Hall–Kier alpha value is -0.433. The van der Waals surface area contributed by atoms with Crippen molar-refractivity contribution in [2.45, 2.75) is 78.2 Å². The molecule has 0 saturated carbocycles. The highest BCUT2D eigenvalue weighted by atomic mass is 28.4. The van der Waals surface area contributed by atoms with Gasteiger partial charge in [-0.25, -0.2) is 0 Å². The van der Waals surface area contributed by atoms with E-state index in [1.807, 2.05) is 20.8 Å². The van der Waals surface area contributed by atoms with E-state index in [9.17, 15) is 4.79 Å². The first-order valence-electron chi connectivity index (χ1n) is 8.73. The van der Waals surface area contributed by atoms with Gasteiger partial charge in [0.1, 0.15) is 0 Å². The van der Waals surface area contributed by atoms with Crippen molar-refractivity contribution >= 4 is 14.8 Å². The molecule has 132 valence electrons. The summed E-state index contributed by atoms with van der Waals surface area (Å²) in [6.45, 7) is 7.85. The Balaban J connectivity index is 3.77. The highest BCUT2D eigenvalue weighted by Gasteiger charge is 2.39. The summed E-state index contributed by atoms with van der Waals surface area (Å²) < 4.78 is 17.5. The maximum atomic E-state index is 10.4. The molecule has 0 unspecified atom stereocenters. The van der Waals surface area contributed by atoms with Gasteiger partial charge in [-0.05, 0) is 33.6 Å². The van der Waals surface area contributed by atoms with Crippen molar-refractivity contribution in [2.75, 3.05) is 19.8 Å². The molecule has 0 aromatic rings. The second-order valence-corrected chi connectivity index (χ2v) is 8.08. The third kappa shape index (κ3) is 11.2. The zero-order valence-electron chi connectivity index (χ0n) is 14.6. The minimum atomic E-state index is -2.45. The molecular formula is C16H34O5Si. The number of aliphatic carboxylic acids is 1. The van der Waals surface area contributed by atoms with E-state index in [2.05, 4.69) is 0 Å². The van der Waals surface area contributed by atoms with E-state index in [0.717, 1.165) is 38.1 Å². The Kier molecular flexibility index (Phi) is 13.9. The van der Waals surface area contributed by atoms with E-state index in [0.29, 0.717) is 26.2 Å². The van der Waals surface area contributed by atoms with E-state index in [-0.39, 0.29) is 0 Å². The summed E-state index contributed by atoms with van der Waals surface area (Å²) in [5.74, 6) is -0.691. The van der Waals surface area contributed by atoms with Gasteiger partial charge in [0.15, 0.2) is 0 Å². The molecule has 0 fully saturated rings. The number of unbranched alkanes of at least 4 members (excludes halogenated alkanes) is 6. The maximum absolute atomic E-state index is 10.4. The molecule has 5 nitrogen and oxygen atoms in total. The fourth-order valence-electron chi connectivity index (χ4n) is 2.50. The van der Waals surface area contributed by atoms with Crippen molar-refractivity contribution in [3.63, 3.8) is 0 Å². The first-order valence-corrected chi connectivity index (χ1v) is 10.7. The maximum Gasteiger partial charge on any atom is 0.500 e. The Morgan fingerprint density at radius 1 is 0.773 bits per heavy atom. The zero-order valence-corrected chi connectivity index (χ0v) is 15.6. The Bertz CT molecular complexity index is 256. The molecule has 0 aromatic heterocycles. The third-order valence-corrected chi connectivity index (χ3v) is 6.62. The van der Waals surface area contributed by atoms with E-state index < -0.39 is 14.8 Å². The summed E-state index contributed by atoms with van der Waals surface area (Å²) in [5.41, 5.74) is 0. The predicted octanol–water partition coefficient (Wildman–Crippen LogP) is 4.24. The molecule has 0 aromatic carbocycles. The second-order valence-electron chi connectivity index (χ2n) is 5.35. The quantitative estimate of drug-likeness (QED) is 0.338. The lowest BCUT2D eigenvalue weighted by molar-refractivity contribution is -0.137. The molecule has 0 atom stereocenters. The molecule has 0 rings (SSSR count). The largest absolute Gasteiger partial charge is 0.500 e. The normalized spacial score (nSPS) is 11.8. The molecule has 6 heteroatoms. The minimum absolute atomic E-state index is 0.297. The molecule has 0 saturated heterocycles. The minimum Gasteiger partial charge on any atom is -0.481 e. The van der Waals surface area contributed by atoms with Crippen LogP contribution < -0.4 is 0 Å². The van der Waals surface area contributed by atoms with Crippen molar-refractivity contribution in [2.24, 2.45) is 0 Å². The number of hydrogen-bond acceptors (Lipinski definition) is 4. The molecule has 0 amide bonds. The lowest BCUT2D eigenvalue weighted by Gasteiger charge is -2.28. The topological polar surface area (TPSA) is 65.0 Å². The van der Waals surface area contributed by atoms with E-state index in [1.54, 1.807) is 0 Å². The number of carboxylic acids is 1. The van der Waals surface area contributed by atoms with Gasteiger partial charge >= 0.3 is 14.8 Å². The van der Waals surface area contributed by atoms with Crippen LogP contribution in [0.25, 0.3) is 0 Å². The van der Waals surface area contributed by atoms with Gasteiger partial charge in [-0.15, -0.1) is 0 Å². The van der Waals surface area contributed by atoms with Crippen molar-refractivity contribution in [3.05, 3.63) is 0 Å². The van der Waals surface area contributed by atoms with Crippen LogP contribution in [-0.4, -0.2) is 39.7 Å². The lowest BCUT2D eigenvalue weighted by atomic mass is 10.1. The van der Waals surface area contributed by atoms with Gasteiger partial charge in [0.25, 0.3) is 0 Å². The van der Waals surface area contributed by atoms with Crippen LogP contribution in [0.2, 0.25) is 6.04 Å². The van der Waals surface area contributed by atoms with E-state index in [4.69, 9.17) is 18.4 Å². The number of carbonyl (C=O) groups is 1. The first-order chi connectivity index (χ1) is 10.6. The first kappa shape index (κ1) is 21.6. The molecule has 0 spiro atoms. The monoisotopic (exact) mass is 334 g/mol. The molecule has 0 heterocycles. The smallest absolute Gasteiger partial charge is 0.481 e. The SMILES string of the molecule is CCO[Si](CCCCCCCCCC(=O)O)(OCC)OCC. The van der Waals surface area contributed by atoms with Crippen LogP contribution in [0.1, 0.15) is 72.1 Å². The van der Waals surface area contributed by atoms with Crippen LogP contribution in [0.3, 0.4) is 0 Å². The summed E-state index contributed by atoms with van der Waals surface area (Å²) in [6.07, 6.45) is 7.81. The number of hydrogen-bond donors (Lipinski definition) is 1. The second kappa shape index (κ2) is 14.2. The van der Waals surface area contributed by atoms with Gasteiger partial charge in [0, 0.05) is 32.3 Å². The fourth-order valence-corrected chi connectivity index (χ4v) is 5.19. The van der Waals surface area contributed by atoms with Crippen LogP contribution in [0, 0.1) is 0 Å². The zero-order chi connectivity index (χ0) is 16.7. The molecule has 0 aliphatic rings. The Morgan fingerprint density at radius 3 is 1.59 bits per heavy atom. The molecule has 1 N–H and O–H groups in total. The van der Waals surface area contributed by atoms with Crippen LogP contribution >= 0.6 is 0 Å². The predicted molar refractivity (Wildman–Crippen MR) is 90.0 cm³/mol. The van der Waals surface area contributed by atoms with Gasteiger partial charge in [-0.3, -0.25) is 4.79 Å². The van der Waals surface area contributed by atoms with Gasteiger partial charge in [-0.2, -0.15) is 0 Å². The molecule has 0 bridgehead atoms. The highest BCUT2D eigenvalue weighted by molar-refractivity contribution is 6.60.